The molecule has 1 aliphatic heterocycles. The smallest absolute Gasteiger partial charge is 0.243 e. The van der Waals surface area contributed by atoms with Crippen molar-refractivity contribution >= 4 is 5.91 Å². The average molecular weight is 290 g/mol. The number of nitrogens with one attached hydrogen (secondary N) is 1. The second-order valence-electron chi connectivity index (χ2n) is 6.22. The number of amides is 1. The van der Waals surface area contributed by atoms with Gasteiger partial charge in [-0.2, -0.15) is 0 Å². The molecule has 1 N–H and O–H groups in total. The lowest BCUT2D eigenvalue weighted by atomic mass is 9.92. The number of nitrogens with zero attached hydrogens (tertiary/aromatic N) is 1. The van der Waals surface area contributed by atoms with Gasteiger partial charge in [0.25, 0.3) is 0 Å². The maximum absolute atomic E-state index is 13.9. The topological polar surface area (TPSA) is 32.3 Å². The number of carbonyl (C=O) groups is 1. The van der Waals surface area contributed by atoms with E-state index in [1.807, 2.05) is 11.0 Å². The fraction of sp³-hybridized carbons (Fsp3) is 0.588. The van der Waals surface area contributed by atoms with Crippen LogP contribution in [-0.2, 0) is 11.3 Å². The summed E-state index contributed by atoms with van der Waals surface area (Å²) in [4.78, 5) is 14.9. The van der Waals surface area contributed by atoms with Gasteiger partial charge in [-0.3, -0.25) is 4.79 Å². The molecule has 21 heavy (non-hydrogen) atoms. The number of carbonyl (C=O) groups excluding carboxylic acids is 1. The molecule has 0 spiro atoms. The Morgan fingerprint density at radius 2 is 2.19 bits per heavy atom. The highest BCUT2D eigenvalue weighted by Crippen LogP contribution is 2.34. The summed E-state index contributed by atoms with van der Waals surface area (Å²) in [6.45, 7) is 3.35. The van der Waals surface area contributed by atoms with E-state index in [1.54, 1.807) is 12.1 Å². The third kappa shape index (κ3) is 2.82. The van der Waals surface area contributed by atoms with Crippen LogP contribution < -0.4 is 5.32 Å². The first-order chi connectivity index (χ1) is 10.2. The summed E-state index contributed by atoms with van der Waals surface area (Å²) in [7, 11) is 0. The molecule has 1 aromatic carbocycles. The molecule has 1 heterocycles. The van der Waals surface area contributed by atoms with Crippen LogP contribution in [0.2, 0.25) is 0 Å². The predicted molar refractivity (Wildman–Crippen MR) is 80.2 cm³/mol. The van der Waals surface area contributed by atoms with Gasteiger partial charge in [-0.1, -0.05) is 25.1 Å². The van der Waals surface area contributed by atoms with Gasteiger partial charge in [0.15, 0.2) is 0 Å². The molecule has 4 heteroatoms. The van der Waals surface area contributed by atoms with Gasteiger partial charge in [0, 0.05) is 18.2 Å². The van der Waals surface area contributed by atoms with Crippen LogP contribution in [0.3, 0.4) is 0 Å². The average Bonchev–Trinajstić information content (AvgIpc) is 3.22. The lowest BCUT2D eigenvalue weighted by Crippen LogP contribution is -2.55. The fourth-order valence-corrected chi connectivity index (χ4v) is 3.28. The maximum atomic E-state index is 13.9. The molecule has 0 radical (unpaired) electrons. The van der Waals surface area contributed by atoms with E-state index in [9.17, 15) is 9.18 Å². The summed E-state index contributed by atoms with van der Waals surface area (Å²) < 4.78 is 13.9. The van der Waals surface area contributed by atoms with Gasteiger partial charge in [-0.05, 0) is 44.7 Å². The molecule has 1 unspecified atom stereocenters. The molecule has 2 aliphatic rings. The number of rotatable bonds is 5. The highest BCUT2D eigenvalue weighted by Gasteiger charge is 2.45. The molecule has 0 bridgehead atoms. The lowest BCUT2D eigenvalue weighted by molar-refractivity contribution is -0.139. The third-order valence-corrected chi connectivity index (χ3v) is 4.80. The Bertz CT molecular complexity index is 521. The van der Waals surface area contributed by atoms with E-state index in [2.05, 4.69) is 12.2 Å². The Labute approximate surface area is 125 Å². The molecular formula is C17H23FN2O. The Hall–Kier alpha value is -1.42. The Kier molecular flexibility index (Phi) is 3.98. The zero-order valence-electron chi connectivity index (χ0n) is 12.6. The Morgan fingerprint density at radius 1 is 1.43 bits per heavy atom. The molecule has 1 aromatic rings. The van der Waals surface area contributed by atoms with Crippen molar-refractivity contribution in [3.63, 3.8) is 0 Å². The van der Waals surface area contributed by atoms with Crippen molar-refractivity contribution in [2.75, 3.05) is 6.54 Å². The molecule has 3 nitrogen and oxygen atoms in total. The van der Waals surface area contributed by atoms with Crippen molar-refractivity contribution in [3.8, 4) is 0 Å². The fourth-order valence-electron chi connectivity index (χ4n) is 3.28. The van der Waals surface area contributed by atoms with Crippen LogP contribution in [0.15, 0.2) is 24.3 Å². The standard InChI is InChI=1S/C17H23FN2O/c1-2-17(10-5-11-19-17)16(21)20(14-8-9-14)12-13-6-3-4-7-15(13)18/h3-4,6-7,14,19H,2,5,8-12H2,1H3. The van der Waals surface area contributed by atoms with Crippen LogP contribution in [0.1, 0.15) is 44.6 Å². The second-order valence-corrected chi connectivity index (χ2v) is 6.22. The van der Waals surface area contributed by atoms with Crippen LogP contribution in [0.25, 0.3) is 0 Å². The van der Waals surface area contributed by atoms with Crippen LogP contribution in [0.5, 0.6) is 0 Å². The van der Waals surface area contributed by atoms with Crippen molar-refractivity contribution in [1.29, 1.82) is 0 Å². The van der Waals surface area contributed by atoms with E-state index < -0.39 is 5.54 Å². The van der Waals surface area contributed by atoms with Gasteiger partial charge in [0.05, 0.1) is 5.54 Å². The zero-order chi connectivity index (χ0) is 14.9. The highest BCUT2D eigenvalue weighted by atomic mass is 19.1. The van der Waals surface area contributed by atoms with E-state index in [0.29, 0.717) is 18.2 Å². The molecule has 2 fully saturated rings. The van der Waals surface area contributed by atoms with Gasteiger partial charge >= 0.3 is 0 Å². The van der Waals surface area contributed by atoms with E-state index in [4.69, 9.17) is 0 Å². The number of hydrogen-bond donors (Lipinski definition) is 1. The molecule has 1 saturated carbocycles. The summed E-state index contributed by atoms with van der Waals surface area (Å²) in [5.74, 6) is -0.0610. The van der Waals surface area contributed by atoms with Gasteiger partial charge in [0.2, 0.25) is 5.91 Å². The van der Waals surface area contributed by atoms with Crippen LogP contribution in [-0.4, -0.2) is 28.9 Å². The second kappa shape index (κ2) is 5.76. The summed E-state index contributed by atoms with van der Waals surface area (Å²) in [6, 6.07) is 7.06. The van der Waals surface area contributed by atoms with Gasteiger partial charge < -0.3 is 10.2 Å². The van der Waals surface area contributed by atoms with Crippen LogP contribution >= 0.6 is 0 Å². The quantitative estimate of drug-likeness (QED) is 0.904. The minimum atomic E-state index is -0.423. The Morgan fingerprint density at radius 3 is 2.76 bits per heavy atom. The first-order valence-electron chi connectivity index (χ1n) is 7.96. The van der Waals surface area contributed by atoms with E-state index in [-0.39, 0.29) is 11.7 Å². The Balaban J connectivity index is 1.81. The molecule has 1 saturated heterocycles. The zero-order valence-corrected chi connectivity index (χ0v) is 12.6. The van der Waals surface area contributed by atoms with Crippen molar-refractivity contribution in [1.82, 2.24) is 10.2 Å². The molecule has 114 valence electrons. The summed E-state index contributed by atoms with van der Waals surface area (Å²) in [6.07, 6.45) is 4.81. The van der Waals surface area contributed by atoms with Gasteiger partial charge in [-0.25, -0.2) is 4.39 Å². The highest BCUT2D eigenvalue weighted by molar-refractivity contribution is 5.87. The first kappa shape index (κ1) is 14.5. The number of halogens is 1. The van der Waals surface area contributed by atoms with E-state index >= 15 is 0 Å². The lowest BCUT2D eigenvalue weighted by Gasteiger charge is -2.34. The van der Waals surface area contributed by atoms with Gasteiger partial charge in [-0.15, -0.1) is 0 Å². The molecule has 1 amide bonds. The minimum Gasteiger partial charge on any atom is -0.334 e. The van der Waals surface area contributed by atoms with Crippen molar-refractivity contribution < 1.29 is 9.18 Å². The van der Waals surface area contributed by atoms with Crippen LogP contribution in [0.4, 0.5) is 4.39 Å². The monoisotopic (exact) mass is 290 g/mol. The number of benzene rings is 1. The van der Waals surface area contributed by atoms with E-state index in [0.717, 1.165) is 38.6 Å². The summed E-state index contributed by atoms with van der Waals surface area (Å²) in [5.41, 5.74) is 0.190. The predicted octanol–water partition coefficient (Wildman–Crippen LogP) is 2.85. The summed E-state index contributed by atoms with van der Waals surface area (Å²) >= 11 is 0. The molecular weight excluding hydrogens is 267 g/mol. The minimum absolute atomic E-state index is 0.160. The SMILES string of the molecule is CCC1(C(=O)N(Cc2ccccc2F)C2CC2)CCCN1. The van der Waals surface area contributed by atoms with Gasteiger partial charge in [0.1, 0.15) is 5.82 Å². The molecule has 0 aromatic heterocycles. The van der Waals surface area contributed by atoms with Crippen molar-refractivity contribution in [3.05, 3.63) is 35.6 Å². The third-order valence-electron chi connectivity index (χ3n) is 4.80. The summed E-state index contributed by atoms with van der Waals surface area (Å²) in [5, 5.41) is 3.40. The first-order valence-corrected chi connectivity index (χ1v) is 7.96. The van der Waals surface area contributed by atoms with Crippen molar-refractivity contribution in [2.24, 2.45) is 0 Å². The largest absolute Gasteiger partial charge is 0.334 e. The molecule has 3 rings (SSSR count). The van der Waals surface area contributed by atoms with Crippen molar-refractivity contribution in [2.45, 2.75) is 57.2 Å². The maximum Gasteiger partial charge on any atom is 0.243 e. The molecule has 1 atom stereocenters. The normalized spacial score (nSPS) is 25.0. The van der Waals surface area contributed by atoms with Crippen LogP contribution in [0, 0.1) is 5.82 Å². The van der Waals surface area contributed by atoms with E-state index in [1.165, 1.54) is 6.07 Å². The number of hydrogen-bond acceptors (Lipinski definition) is 2. The molecule has 1 aliphatic carbocycles.